The van der Waals surface area contributed by atoms with Crippen LogP contribution in [0.4, 0.5) is 5.13 Å². The summed E-state index contributed by atoms with van der Waals surface area (Å²) in [5.74, 6) is 0.212. The van der Waals surface area contributed by atoms with Gasteiger partial charge in [0.15, 0.2) is 10.6 Å². The average molecular weight is 497 g/mol. The van der Waals surface area contributed by atoms with E-state index in [4.69, 9.17) is 9.15 Å². The van der Waals surface area contributed by atoms with Gasteiger partial charge in [0, 0.05) is 15.4 Å². The van der Waals surface area contributed by atoms with Gasteiger partial charge in [0.05, 0.1) is 29.8 Å². The minimum Gasteiger partial charge on any atom is -0.497 e. The van der Waals surface area contributed by atoms with Crippen LogP contribution in [0, 0.1) is 13.8 Å². The number of hydrogen-bond donors (Lipinski definition) is 0. The van der Waals surface area contributed by atoms with Gasteiger partial charge in [-0.25, -0.2) is 4.98 Å². The second kappa shape index (κ2) is 7.32. The number of carbonyl (C=O) groups excluding carboxylic acids is 1. The zero-order valence-corrected chi connectivity index (χ0v) is 19.3. The third-order valence-corrected chi connectivity index (χ3v) is 7.03. The number of carbonyl (C=O) groups is 1. The van der Waals surface area contributed by atoms with Crippen molar-refractivity contribution < 1.29 is 13.9 Å². The predicted molar refractivity (Wildman–Crippen MR) is 123 cm³/mol. The molecule has 1 atom stereocenters. The fraction of sp³-hybridized carbons (Fsp3) is 0.174. The molecule has 0 aliphatic carbocycles. The maximum Gasteiger partial charge on any atom is 0.297 e. The number of ether oxygens (including phenoxy) is 1. The maximum atomic E-state index is 13.6. The Hall–Kier alpha value is -2.97. The van der Waals surface area contributed by atoms with Crippen molar-refractivity contribution in [3.8, 4) is 5.75 Å². The minimum atomic E-state index is -0.632. The summed E-state index contributed by atoms with van der Waals surface area (Å²) >= 11 is 4.92. The quantitative estimate of drug-likeness (QED) is 0.380. The Morgan fingerprint density at radius 1 is 1.16 bits per heavy atom. The van der Waals surface area contributed by atoms with Gasteiger partial charge in [-0.1, -0.05) is 28.1 Å². The summed E-state index contributed by atoms with van der Waals surface area (Å²) in [7, 11) is 1.54. The molecule has 1 amide bonds. The van der Waals surface area contributed by atoms with Crippen LogP contribution in [-0.4, -0.2) is 18.0 Å². The molecule has 0 spiro atoms. The van der Waals surface area contributed by atoms with Crippen LogP contribution in [0.2, 0.25) is 0 Å². The van der Waals surface area contributed by atoms with E-state index in [9.17, 15) is 9.59 Å². The molecule has 0 radical (unpaired) electrons. The van der Waals surface area contributed by atoms with Gasteiger partial charge in [-0.2, -0.15) is 0 Å². The molecule has 1 aliphatic heterocycles. The number of nitrogens with zero attached hydrogens (tertiary/aromatic N) is 2. The normalized spacial score (nSPS) is 15.5. The standard InChI is InChI=1S/C23H17BrN2O4S/c1-11-12(2)31-23(25-11)26-19(13-5-4-6-14(24)9-13)18-20(27)16-8-7-15(29-3)10-17(16)30-21(18)22(26)28/h4-10,19H,1-3H3. The van der Waals surface area contributed by atoms with Crippen LogP contribution >= 0.6 is 27.3 Å². The molecule has 0 fully saturated rings. The number of benzene rings is 2. The molecule has 2 aromatic carbocycles. The van der Waals surface area contributed by atoms with Crippen LogP contribution in [0.15, 0.2) is 56.1 Å². The Morgan fingerprint density at radius 3 is 2.65 bits per heavy atom. The summed E-state index contributed by atoms with van der Waals surface area (Å²) in [6.07, 6.45) is 0. The first-order valence-electron chi connectivity index (χ1n) is 9.57. The predicted octanol–water partition coefficient (Wildman–Crippen LogP) is 5.39. The molecule has 1 unspecified atom stereocenters. The first-order chi connectivity index (χ1) is 14.9. The second-order valence-corrected chi connectivity index (χ2v) is 9.40. The molecule has 8 heteroatoms. The number of aryl methyl sites for hydroxylation is 2. The SMILES string of the molecule is COc1ccc2c(=O)c3c(oc2c1)C(=O)N(c1nc(C)c(C)s1)C3c1cccc(Br)c1. The highest BCUT2D eigenvalue weighted by molar-refractivity contribution is 9.10. The molecule has 3 heterocycles. The highest BCUT2D eigenvalue weighted by Crippen LogP contribution is 2.43. The van der Waals surface area contributed by atoms with E-state index >= 15 is 0 Å². The van der Waals surface area contributed by atoms with E-state index in [-0.39, 0.29) is 17.1 Å². The van der Waals surface area contributed by atoms with Gasteiger partial charge in [0.25, 0.3) is 5.91 Å². The van der Waals surface area contributed by atoms with Crippen molar-refractivity contribution in [1.82, 2.24) is 4.98 Å². The molecule has 6 nitrogen and oxygen atoms in total. The molecule has 4 aromatic rings. The molecule has 5 rings (SSSR count). The van der Waals surface area contributed by atoms with Gasteiger partial charge in [-0.3, -0.25) is 14.5 Å². The Labute approximate surface area is 190 Å². The summed E-state index contributed by atoms with van der Waals surface area (Å²) in [6, 6.07) is 12.0. The molecule has 156 valence electrons. The Bertz CT molecular complexity index is 1410. The molecule has 0 saturated carbocycles. The van der Waals surface area contributed by atoms with Gasteiger partial charge in [-0.15, -0.1) is 11.3 Å². The minimum absolute atomic E-state index is 0.0428. The highest BCUT2D eigenvalue weighted by atomic mass is 79.9. The first kappa shape index (κ1) is 20.0. The summed E-state index contributed by atoms with van der Waals surface area (Å²) in [4.78, 5) is 34.3. The summed E-state index contributed by atoms with van der Waals surface area (Å²) in [5.41, 5.74) is 2.06. The van der Waals surface area contributed by atoms with Crippen molar-refractivity contribution in [2.75, 3.05) is 12.0 Å². The van der Waals surface area contributed by atoms with Gasteiger partial charge in [0.2, 0.25) is 5.76 Å². The van der Waals surface area contributed by atoms with Crippen molar-refractivity contribution >= 4 is 49.3 Å². The zero-order chi connectivity index (χ0) is 21.9. The molecule has 0 N–H and O–H groups in total. The van der Waals surface area contributed by atoms with E-state index in [0.29, 0.717) is 27.4 Å². The Kier molecular flexibility index (Phi) is 4.71. The van der Waals surface area contributed by atoms with Gasteiger partial charge in [0.1, 0.15) is 11.3 Å². The molecule has 2 aromatic heterocycles. The zero-order valence-electron chi connectivity index (χ0n) is 16.9. The number of amides is 1. The number of fused-ring (bicyclic) bond motifs is 2. The van der Waals surface area contributed by atoms with E-state index in [1.165, 1.54) is 18.4 Å². The number of aromatic nitrogens is 1. The Morgan fingerprint density at radius 2 is 1.97 bits per heavy atom. The van der Waals surface area contributed by atoms with Crippen molar-refractivity contribution in [1.29, 1.82) is 0 Å². The van der Waals surface area contributed by atoms with Crippen LogP contribution in [-0.2, 0) is 0 Å². The Balaban J connectivity index is 1.82. The van der Waals surface area contributed by atoms with Crippen LogP contribution in [0.3, 0.4) is 0 Å². The van der Waals surface area contributed by atoms with Crippen molar-refractivity contribution in [3.05, 3.63) is 84.6 Å². The summed E-state index contributed by atoms with van der Waals surface area (Å²) < 4.78 is 12.1. The summed E-state index contributed by atoms with van der Waals surface area (Å²) in [5, 5.41) is 0.943. The first-order valence-corrected chi connectivity index (χ1v) is 11.2. The monoisotopic (exact) mass is 496 g/mol. The second-order valence-electron chi connectivity index (χ2n) is 7.31. The molecule has 0 bridgehead atoms. The smallest absolute Gasteiger partial charge is 0.297 e. The van der Waals surface area contributed by atoms with E-state index in [1.54, 1.807) is 23.1 Å². The lowest BCUT2D eigenvalue weighted by atomic mass is 9.99. The molecule has 1 aliphatic rings. The van der Waals surface area contributed by atoms with E-state index in [0.717, 1.165) is 20.6 Å². The number of halogens is 1. The number of hydrogen-bond acceptors (Lipinski definition) is 6. The number of anilines is 1. The van der Waals surface area contributed by atoms with E-state index < -0.39 is 6.04 Å². The van der Waals surface area contributed by atoms with Crippen LogP contribution in [0.1, 0.15) is 38.3 Å². The fourth-order valence-corrected chi connectivity index (χ4v) is 5.18. The van der Waals surface area contributed by atoms with Crippen molar-refractivity contribution in [2.45, 2.75) is 19.9 Å². The van der Waals surface area contributed by atoms with Crippen LogP contribution in [0.25, 0.3) is 11.0 Å². The van der Waals surface area contributed by atoms with Crippen molar-refractivity contribution in [3.63, 3.8) is 0 Å². The summed E-state index contributed by atoms with van der Waals surface area (Å²) in [6.45, 7) is 3.86. The largest absolute Gasteiger partial charge is 0.497 e. The molecular formula is C23H17BrN2O4S. The number of methoxy groups -OCH3 is 1. The molecule has 31 heavy (non-hydrogen) atoms. The lowest BCUT2D eigenvalue weighted by Crippen LogP contribution is -2.29. The fourth-order valence-electron chi connectivity index (χ4n) is 3.83. The van der Waals surface area contributed by atoms with Gasteiger partial charge in [-0.05, 0) is 43.7 Å². The number of rotatable bonds is 3. The van der Waals surface area contributed by atoms with Gasteiger partial charge >= 0.3 is 0 Å². The van der Waals surface area contributed by atoms with E-state index in [1.807, 2.05) is 38.1 Å². The van der Waals surface area contributed by atoms with E-state index in [2.05, 4.69) is 20.9 Å². The third kappa shape index (κ3) is 3.09. The molecule has 0 saturated heterocycles. The number of thiazole rings is 1. The third-order valence-electron chi connectivity index (χ3n) is 5.47. The highest BCUT2D eigenvalue weighted by Gasteiger charge is 2.45. The van der Waals surface area contributed by atoms with Crippen LogP contribution < -0.4 is 15.1 Å². The lowest BCUT2D eigenvalue weighted by Gasteiger charge is -2.22. The average Bonchev–Trinajstić information content (AvgIpc) is 3.24. The van der Waals surface area contributed by atoms with Crippen LogP contribution in [0.5, 0.6) is 5.75 Å². The lowest BCUT2D eigenvalue weighted by molar-refractivity contribution is 0.0971. The molecular weight excluding hydrogens is 480 g/mol. The van der Waals surface area contributed by atoms with Crippen molar-refractivity contribution in [2.24, 2.45) is 0 Å². The van der Waals surface area contributed by atoms with Gasteiger partial charge < -0.3 is 9.15 Å². The topological polar surface area (TPSA) is 72.6 Å². The maximum absolute atomic E-state index is 13.6.